The van der Waals surface area contributed by atoms with Crippen LogP contribution in [-0.2, 0) is 9.47 Å². The van der Waals surface area contributed by atoms with Gasteiger partial charge in [-0.05, 0) is 58.2 Å². The third-order valence-corrected chi connectivity index (χ3v) is 7.48. The Bertz CT molecular complexity index is 1240. The monoisotopic (exact) mass is 475 g/mol. The van der Waals surface area contributed by atoms with Gasteiger partial charge in [-0.25, -0.2) is 14.6 Å². The number of amides is 1. The highest BCUT2D eigenvalue weighted by Gasteiger charge is 2.29. The number of pyridine rings is 1. The normalized spacial score (nSPS) is 10.9. The van der Waals surface area contributed by atoms with Gasteiger partial charge in [0.1, 0.15) is 19.6 Å². The fourth-order valence-electron chi connectivity index (χ4n) is 3.34. The lowest BCUT2D eigenvalue weighted by molar-refractivity contribution is 0.0527. The summed E-state index contributed by atoms with van der Waals surface area (Å²) in [7, 11) is 0. The van der Waals surface area contributed by atoms with Gasteiger partial charge >= 0.3 is 11.9 Å². The molecule has 0 aliphatic carbocycles. The molecule has 3 rings (SSSR count). The van der Waals surface area contributed by atoms with Crippen molar-refractivity contribution < 1.29 is 23.9 Å². The van der Waals surface area contributed by atoms with Crippen LogP contribution in [0.15, 0.2) is 0 Å². The number of thiophene rings is 2. The first-order valence-electron chi connectivity index (χ1n) is 10.1. The number of ether oxygens (including phenoxy) is 2. The molecule has 3 aromatic rings. The van der Waals surface area contributed by atoms with Crippen molar-refractivity contribution in [1.29, 1.82) is 0 Å². The number of nitrogens with one attached hydrogen (secondary N) is 1. The summed E-state index contributed by atoms with van der Waals surface area (Å²) in [5.41, 5.74) is 10.1. The Balaban J connectivity index is 2.06. The molecule has 3 N–H and O–H groups in total. The number of hydrogen-bond acceptors (Lipinski definition) is 9. The Kier molecular flexibility index (Phi) is 6.85. The van der Waals surface area contributed by atoms with E-state index in [1.165, 1.54) is 11.3 Å². The van der Waals surface area contributed by atoms with Crippen molar-refractivity contribution in [3.05, 3.63) is 37.7 Å². The molecule has 32 heavy (non-hydrogen) atoms. The molecule has 1 amide bonds. The Morgan fingerprint density at radius 2 is 1.53 bits per heavy atom. The number of aromatic nitrogens is 1. The molecule has 0 aliphatic heterocycles. The topological polar surface area (TPSA) is 121 Å². The fourth-order valence-corrected chi connectivity index (χ4v) is 5.52. The van der Waals surface area contributed by atoms with Crippen LogP contribution in [0.1, 0.15) is 65.9 Å². The van der Waals surface area contributed by atoms with Crippen molar-refractivity contribution in [3.8, 4) is 0 Å². The maximum atomic E-state index is 13.2. The molecule has 0 aliphatic rings. The molecule has 0 aromatic carbocycles. The highest BCUT2D eigenvalue weighted by Crippen LogP contribution is 2.39. The summed E-state index contributed by atoms with van der Waals surface area (Å²) in [6, 6.07) is 0. The summed E-state index contributed by atoms with van der Waals surface area (Å²) >= 11 is 2.16. The van der Waals surface area contributed by atoms with Crippen LogP contribution in [0.4, 0.5) is 10.7 Å². The highest BCUT2D eigenvalue weighted by atomic mass is 32.1. The molecular weight excluding hydrogens is 450 g/mol. The number of hydrogen-bond donors (Lipinski definition) is 2. The van der Waals surface area contributed by atoms with E-state index < -0.39 is 17.8 Å². The first-order valence-corrected chi connectivity index (χ1v) is 11.7. The van der Waals surface area contributed by atoms with E-state index in [2.05, 4.69) is 10.3 Å². The molecule has 0 fully saturated rings. The summed E-state index contributed by atoms with van der Waals surface area (Å²) < 4.78 is 10.2. The van der Waals surface area contributed by atoms with Crippen LogP contribution in [0, 0.1) is 27.7 Å². The van der Waals surface area contributed by atoms with Gasteiger partial charge in [-0.3, -0.25) is 4.79 Å². The van der Waals surface area contributed by atoms with Gasteiger partial charge in [-0.15, -0.1) is 22.7 Å². The number of fused-ring (bicyclic) bond motifs is 1. The van der Waals surface area contributed by atoms with E-state index in [0.29, 0.717) is 21.0 Å². The molecule has 0 radical (unpaired) electrons. The van der Waals surface area contributed by atoms with E-state index in [0.717, 1.165) is 33.5 Å². The van der Waals surface area contributed by atoms with E-state index >= 15 is 0 Å². The summed E-state index contributed by atoms with van der Waals surface area (Å²) in [5, 5.41) is 3.71. The van der Waals surface area contributed by atoms with Crippen molar-refractivity contribution >= 4 is 61.4 Å². The van der Waals surface area contributed by atoms with Crippen LogP contribution in [0.25, 0.3) is 10.2 Å². The zero-order chi connectivity index (χ0) is 23.7. The second-order valence-corrected chi connectivity index (χ2v) is 9.15. The number of rotatable bonds is 6. The molecule has 0 saturated heterocycles. The van der Waals surface area contributed by atoms with Crippen LogP contribution in [-0.4, -0.2) is 36.0 Å². The molecule has 0 atom stereocenters. The zero-order valence-corrected chi connectivity index (χ0v) is 20.4. The molecule has 0 spiro atoms. The van der Waals surface area contributed by atoms with Gasteiger partial charge < -0.3 is 20.5 Å². The highest BCUT2D eigenvalue weighted by molar-refractivity contribution is 7.21. The molecule has 0 bridgehead atoms. The van der Waals surface area contributed by atoms with Crippen molar-refractivity contribution in [2.45, 2.75) is 41.5 Å². The number of nitrogens with two attached hydrogens (primary N) is 1. The van der Waals surface area contributed by atoms with Gasteiger partial charge in [-0.1, -0.05) is 0 Å². The van der Waals surface area contributed by atoms with Gasteiger partial charge in [0.2, 0.25) is 0 Å². The predicted molar refractivity (Wildman–Crippen MR) is 127 cm³/mol. The predicted octanol–water partition coefficient (Wildman–Crippen LogP) is 4.78. The van der Waals surface area contributed by atoms with Gasteiger partial charge in [0.15, 0.2) is 0 Å². The minimum Gasteiger partial charge on any atom is -0.462 e. The lowest BCUT2D eigenvalue weighted by atomic mass is 10.1. The van der Waals surface area contributed by atoms with Crippen LogP contribution in [0.2, 0.25) is 0 Å². The number of carbonyl (C=O) groups is 3. The van der Waals surface area contributed by atoms with Gasteiger partial charge in [-0.2, -0.15) is 0 Å². The van der Waals surface area contributed by atoms with Crippen molar-refractivity contribution in [2.75, 3.05) is 24.3 Å². The Labute approximate surface area is 193 Å². The quantitative estimate of drug-likeness (QED) is 0.492. The van der Waals surface area contributed by atoms with E-state index in [4.69, 9.17) is 15.2 Å². The van der Waals surface area contributed by atoms with Gasteiger partial charge in [0, 0.05) is 11.1 Å². The number of esters is 2. The molecule has 10 heteroatoms. The number of nitrogen functional groups attached to an aromatic ring is 1. The first-order chi connectivity index (χ1) is 15.1. The van der Waals surface area contributed by atoms with Crippen LogP contribution in [0.3, 0.4) is 0 Å². The fraction of sp³-hybridized carbons (Fsp3) is 0.364. The smallest absolute Gasteiger partial charge is 0.348 e. The van der Waals surface area contributed by atoms with Crippen LogP contribution >= 0.6 is 22.7 Å². The molecule has 0 unspecified atom stereocenters. The lowest BCUT2D eigenvalue weighted by Gasteiger charge is -2.07. The number of carbonyl (C=O) groups excluding carboxylic acids is 3. The Hall–Kier alpha value is -2.98. The molecule has 3 heterocycles. The van der Waals surface area contributed by atoms with E-state index in [9.17, 15) is 14.4 Å². The molecule has 8 nitrogen and oxygen atoms in total. The maximum absolute atomic E-state index is 13.2. The average Bonchev–Trinajstić information content (AvgIpc) is 3.23. The van der Waals surface area contributed by atoms with Crippen LogP contribution in [0.5, 0.6) is 0 Å². The summed E-state index contributed by atoms with van der Waals surface area (Å²) in [6.07, 6.45) is 0. The average molecular weight is 476 g/mol. The van der Waals surface area contributed by atoms with Crippen molar-refractivity contribution in [3.63, 3.8) is 0 Å². The van der Waals surface area contributed by atoms with Crippen molar-refractivity contribution in [2.24, 2.45) is 0 Å². The summed E-state index contributed by atoms with van der Waals surface area (Å²) in [5.74, 6) is -1.67. The second-order valence-electron chi connectivity index (χ2n) is 7.13. The summed E-state index contributed by atoms with van der Waals surface area (Å²) in [4.78, 5) is 43.8. The Morgan fingerprint density at radius 1 is 0.906 bits per heavy atom. The molecule has 3 aromatic heterocycles. The standard InChI is InChI=1S/C22H25N3O5S2/c1-7-29-21(27)14-11(5)16(22(28)30-8-2)31-20(14)25-18(26)17-15(23)13-10(4)9(3)12(6)24-19(13)32-17/h7-8,23H2,1-6H3,(H,25,26). The third-order valence-electron chi connectivity index (χ3n) is 5.20. The minimum absolute atomic E-state index is 0.133. The van der Waals surface area contributed by atoms with Gasteiger partial charge in [0.25, 0.3) is 5.91 Å². The Morgan fingerprint density at radius 3 is 2.16 bits per heavy atom. The zero-order valence-electron chi connectivity index (χ0n) is 18.8. The van der Waals surface area contributed by atoms with E-state index in [1.54, 1.807) is 20.8 Å². The minimum atomic E-state index is -0.625. The van der Waals surface area contributed by atoms with Crippen molar-refractivity contribution in [1.82, 2.24) is 4.98 Å². The van der Waals surface area contributed by atoms with Gasteiger partial charge in [0.05, 0.1) is 24.5 Å². The molecule has 0 saturated carbocycles. The lowest BCUT2D eigenvalue weighted by Crippen LogP contribution is -2.15. The van der Waals surface area contributed by atoms with E-state index in [-0.39, 0.29) is 28.7 Å². The second kappa shape index (κ2) is 9.25. The SMILES string of the molecule is CCOC(=O)c1sc(NC(=O)c2sc3nc(C)c(C)c(C)c3c2N)c(C(=O)OCC)c1C. The summed E-state index contributed by atoms with van der Waals surface area (Å²) in [6.45, 7) is 11.2. The molecular formula is C22H25N3O5S2. The number of aryl methyl sites for hydroxylation is 2. The molecule has 170 valence electrons. The number of anilines is 2. The van der Waals surface area contributed by atoms with E-state index in [1.807, 2.05) is 20.8 Å². The third kappa shape index (κ3) is 4.07. The first kappa shape index (κ1) is 23.7. The number of nitrogens with zero attached hydrogens (tertiary/aromatic N) is 1. The van der Waals surface area contributed by atoms with Crippen LogP contribution < -0.4 is 11.1 Å². The maximum Gasteiger partial charge on any atom is 0.348 e. The largest absolute Gasteiger partial charge is 0.462 e.